The second-order valence-corrected chi connectivity index (χ2v) is 17.7. The Morgan fingerprint density at radius 3 is 1.26 bits per heavy atom. The van der Waals surface area contributed by atoms with Gasteiger partial charge < -0.3 is 49.6 Å². The Hall–Kier alpha value is -7.26. The minimum atomic E-state index is -1.35. The number of guanidine groups is 4. The molecule has 0 spiro atoms. The van der Waals surface area contributed by atoms with Crippen molar-refractivity contribution in [1.82, 2.24) is 40.2 Å². The first-order valence-electron chi connectivity index (χ1n) is 22.3. The molecule has 2 unspecified atom stereocenters. The fraction of sp³-hybridized carbons (Fsp3) is 0.455. The zero-order valence-electron chi connectivity index (χ0n) is 36.1. The van der Waals surface area contributed by atoms with Gasteiger partial charge in [-0.15, -0.1) is 0 Å². The van der Waals surface area contributed by atoms with E-state index in [2.05, 4.69) is 21.3 Å². The number of benzene rings is 2. The van der Waals surface area contributed by atoms with Crippen LogP contribution in [0.1, 0.15) is 84.2 Å². The molecule has 4 aromatic rings. The molecule has 348 valence electrons. The number of aromatic nitrogens is 2. The number of pyridine rings is 2. The van der Waals surface area contributed by atoms with Crippen LogP contribution in [-0.4, -0.2) is 129 Å². The second-order valence-electron chi connectivity index (χ2n) is 17.7. The highest BCUT2D eigenvalue weighted by molar-refractivity contribution is 5.98. The fourth-order valence-electron chi connectivity index (χ4n) is 9.47. The van der Waals surface area contributed by atoms with Gasteiger partial charge >= 0.3 is 11.9 Å². The van der Waals surface area contributed by atoms with Crippen molar-refractivity contribution in [2.75, 3.05) is 62.2 Å². The van der Waals surface area contributed by atoms with Crippen LogP contribution in [0.4, 0.5) is 20.2 Å². The molecule has 5 fully saturated rings. The molecule has 9 rings (SSSR count). The summed E-state index contributed by atoms with van der Waals surface area (Å²) in [6.45, 7) is 2.82. The number of nitrogens with one attached hydrogen (secondary N) is 8. The summed E-state index contributed by atoms with van der Waals surface area (Å²) in [6, 6.07) is 5.03. The summed E-state index contributed by atoms with van der Waals surface area (Å²) in [7, 11) is 0. The number of hydrogen-bond acceptors (Lipinski definition) is 10. The summed E-state index contributed by atoms with van der Waals surface area (Å²) < 4.78 is 34.6. The van der Waals surface area contributed by atoms with Crippen molar-refractivity contribution in [2.24, 2.45) is 0 Å². The van der Waals surface area contributed by atoms with Crippen LogP contribution in [0.25, 0.3) is 21.8 Å². The molecule has 2 saturated heterocycles. The molecule has 2 aliphatic heterocycles. The summed E-state index contributed by atoms with van der Waals surface area (Å²) in [5.41, 5.74) is -0.677. The highest BCUT2D eigenvalue weighted by Crippen LogP contribution is 2.39. The number of carbonyl (C=O) groups is 2. The van der Waals surface area contributed by atoms with Crippen molar-refractivity contribution in [3.8, 4) is 0 Å². The molecule has 4 heterocycles. The third-order valence-corrected chi connectivity index (χ3v) is 13.3. The Bertz CT molecular complexity index is 2620. The maximum Gasteiger partial charge on any atom is 0.341 e. The number of hydrogen-bond donors (Lipinski definition) is 10. The normalized spacial score (nSPS) is 20.0. The molecule has 22 heteroatoms. The van der Waals surface area contributed by atoms with Crippen molar-refractivity contribution in [2.45, 2.75) is 75.5 Å². The van der Waals surface area contributed by atoms with E-state index in [1.54, 1.807) is 31.1 Å². The topological polar surface area (TPSA) is 275 Å². The SMILES string of the molecule is N=C(NC(=N)N1CCN(c2cc3c(cc2F)c(=O)c(C(=O)O)cn3C2CC2)CC1)NC1CCCCC1NC(=N)NC(=N)N1CCN(c2cc3c(cc2F)c(=O)c(C(=O)O)cn3C2CC2)CC1. The molecule has 0 amide bonds. The number of aromatic carboxylic acids is 2. The van der Waals surface area contributed by atoms with Gasteiger partial charge in [-0.3, -0.25) is 41.9 Å². The average Bonchev–Trinajstić information content (AvgIpc) is 4.23. The lowest BCUT2D eigenvalue weighted by molar-refractivity contribution is 0.0684. The maximum atomic E-state index is 15.5. The van der Waals surface area contributed by atoms with Crippen molar-refractivity contribution in [1.29, 1.82) is 21.6 Å². The van der Waals surface area contributed by atoms with Gasteiger partial charge in [0.25, 0.3) is 0 Å². The maximum absolute atomic E-state index is 15.5. The van der Waals surface area contributed by atoms with Crippen LogP contribution in [0, 0.1) is 33.3 Å². The van der Waals surface area contributed by atoms with Gasteiger partial charge in [0.15, 0.2) is 23.8 Å². The van der Waals surface area contributed by atoms with E-state index in [0.29, 0.717) is 87.6 Å². The van der Waals surface area contributed by atoms with Crippen LogP contribution >= 0.6 is 0 Å². The number of rotatable bonds is 8. The van der Waals surface area contributed by atoms with Gasteiger partial charge in [-0.05, 0) is 62.8 Å². The molecular weight excluding hydrogens is 859 g/mol. The summed E-state index contributed by atoms with van der Waals surface area (Å²) in [5.74, 6) is -4.16. The number of carboxylic acids is 2. The van der Waals surface area contributed by atoms with Gasteiger partial charge in [0.05, 0.1) is 22.4 Å². The monoisotopic (exact) mass is 910 g/mol. The van der Waals surface area contributed by atoms with Gasteiger partial charge in [0.1, 0.15) is 22.8 Å². The minimum Gasteiger partial charge on any atom is -0.477 e. The van der Waals surface area contributed by atoms with E-state index in [4.69, 9.17) is 21.6 Å². The first-order valence-corrected chi connectivity index (χ1v) is 22.3. The molecule has 66 heavy (non-hydrogen) atoms. The smallest absolute Gasteiger partial charge is 0.341 e. The van der Waals surface area contributed by atoms with Gasteiger partial charge in [0, 0.05) is 99.7 Å². The molecule has 5 aliphatic rings. The fourth-order valence-corrected chi connectivity index (χ4v) is 9.47. The van der Waals surface area contributed by atoms with E-state index >= 15 is 8.78 Å². The first kappa shape index (κ1) is 44.0. The highest BCUT2D eigenvalue weighted by atomic mass is 19.1. The Balaban J connectivity index is 0.753. The summed E-state index contributed by atoms with van der Waals surface area (Å²) >= 11 is 0. The molecule has 2 aromatic carbocycles. The standard InChI is InChI=1S/C44H52F2N14O6/c45-29-17-25-33(59(23-5-6-23)21-27(37(25)61)39(63)64)19-35(29)55-9-13-57(14-10-55)43(49)53-41(47)51-31-3-1-2-4-32(31)52-42(48)54-44(50)58-15-11-56(12-16-58)36-20-34-26(18-30(36)46)38(62)28(40(65)66)22-60(34)24-7-8-24/h17-24,31-32H,1-16H2,(H,63,64)(H,65,66)(H4,47,49,51,53)(H4,48,50,52,54). The lowest BCUT2D eigenvalue weighted by atomic mass is 9.90. The number of fused-ring (bicyclic) bond motifs is 2. The summed E-state index contributed by atoms with van der Waals surface area (Å²) in [5, 5.41) is 66.0. The second kappa shape index (κ2) is 17.6. The third kappa shape index (κ3) is 8.77. The lowest BCUT2D eigenvalue weighted by Gasteiger charge is -2.38. The number of piperazine rings is 2. The van der Waals surface area contributed by atoms with E-state index < -0.39 is 34.4 Å². The molecule has 0 bridgehead atoms. The van der Waals surface area contributed by atoms with Gasteiger partial charge in [-0.25, -0.2) is 18.4 Å². The van der Waals surface area contributed by atoms with Gasteiger partial charge in [-0.2, -0.15) is 0 Å². The predicted octanol–water partition coefficient (Wildman–Crippen LogP) is 3.01. The van der Waals surface area contributed by atoms with Gasteiger partial charge in [-0.1, -0.05) is 12.8 Å². The number of nitrogens with zero attached hydrogens (tertiary/aromatic N) is 6. The van der Waals surface area contributed by atoms with E-state index in [0.717, 1.165) is 50.7 Å². The van der Waals surface area contributed by atoms with Crippen molar-refractivity contribution in [3.63, 3.8) is 0 Å². The first-order chi connectivity index (χ1) is 31.6. The Morgan fingerprint density at radius 2 is 0.924 bits per heavy atom. The highest BCUT2D eigenvalue weighted by Gasteiger charge is 2.32. The zero-order valence-corrected chi connectivity index (χ0v) is 36.1. The molecular formula is C44H52F2N14O6. The van der Waals surface area contributed by atoms with Crippen LogP contribution in [0.15, 0.2) is 46.2 Å². The predicted molar refractivity (Wildman–Crippen MR) is 244 cm³/mol. The number of anilines is 2. The number of carboxylic acid groups (broad SMARTS) is 2. The summed E-state index contributed by atoms with van der Waals surface area (Å²) in [4.78, 5) is 56.5. The zero-order chi connectivity index (χ0) is 46.6. The molecule has 2 atom stereocenters. The van der Waals surface area contributed by atoms with Gasteiger partial charge in [0.2, 0.25) is 10.9 Å². The molecule has 10 N–H and O–H groups in total. The van der Waals surface area contributed by atoms with Crippen molar-refractivity contribution >= 4 is 69.0 Å². The van der Waals surface area contributed by atoms with Crippen LogP contribution in [0.2, 0.25) is 0 Å². The largest absolute Gasteiger partial charge is 0.477 e. The van der Waals surface area contributed by atoms with Crippen molar-refractivity contribution < 1.29 is 28.6 Å². The lowest BCUT2D eigenvalue weighted by Crippen LogP contribution is -2.61. The van der Waals surface area contributed by atoms with E-state index in [1.165, 1.54) is 12.4 Å². The Labute approximate surface area is 376 Å². The van der Waals surface area contributed by atoms with Crippen LogP contribution in [0.5, 0.6) is 0 Å². The molecule has 3 saturated carbocycles. The van der Waals surface area contributed by atoms with Crippen molar-refractivity contribution in [3.05, 3.63) is 79.9 Å². The molecule has 20 nitrogen and oxygen atoms in total. The average molecular weight is 911 g/mol. The van der Waals surface area contributed by atoms with Crippen LogP contribution in [0.3, 0.4) is 0 Å². The summed E-state index contributed by atoms with van der Waals surface area (Å²) in [6.07, 6.45) is 9.24. The van der Waals surface area contributed by atoms with Crippen LogP contribution < -0.4 is 41.9 Å². The quantitative estimate of drug-likeness (QED) is 0.0900. The third-order valence-electron chi connectivity index (χ3n) is 13.3. The molecule has 3 aliphatic carbocycles. The number of halogens is 2. The molecule has 2 aromatic heterocycles. The van der Waals surface area contributed by atoms with E-state index in [1.807, 2.05) is 9.80 Å². The Kier molecular flexibility index (Phi) is 11.7. The van der Waals surface area contributed by atoms with E-state index in [9.17, 15) is 29.4 Å². The van der Waals surface area contributed by atoms with E-state index in [-0.39, 0.29) is 69.9 Å². The minimum absolute atomic E-state index is 0.00523. The molecule has 0 radical (unpaired) electrons. The Morgan fingerprint density at radius 1 is 0.561 bits per heavy atom. The van der Waals surface area contributed by atoms with Crippen LogP contribution in [-0.2, 0) is 0 Å².